The van der Waals surface area contributed by atoms with Gasteiger partial charge < -0.3 is 67.4 Å². The third kappa shape index (κ3) is 401000. The Balaban J connectivity index is -0.00000000508. The van der Waals surface area contributed by atoms with E-state index in [2.05, 4.69) is 0 Å². The zero-order valence-electron chi connectivity index (χ0n) is 10.1. The molecule has 0 aliphatic rings. The predicted octanol–water partition coefficient (Wildman–Crippen LogP) is -1.38. The Labute approximate surface area is 126 Å². The van der Waals surface area contributed by atoms with E-state index in [4.69, 9.17) is 35.0 Å². The Morgan fingerprint density at radius 3 is 0.421 bits per heavy atom. The Morgan fingerprint density at radius 2 is 0.421 bits per heavy atom. The van der Waals surface area contributed by atoms with Crippen LogP contribution in [0.2, 0.25) is 0 Å². The van der Waals surface area contributed by atoms with Crippen molar-refractivity contribution in [2.45, 2.75) is 0 Å². The molecule has 0 radical (unpaired) electrons. The molecule has 0 aromatic heterocycles. The first-order valence-corrected chi connectivity index (χ1v) is 4.00. The maximum absolute atomic E-state index is 8.52. The molecular formula is H24N8O8PtS2. The molecule has 0 fully saturated rings. The van der Waals surface area contributed by atoms with Crippen LogP contribution in [0.4, 0.5) is 0 Å². The van der Waals surface area contributed by atoms with Crippen LogP contribution in [0.3, 0.4) is 0 Å². The van der Waals surface area contributed by atoms with Crippen LogP contribution in [0.1, 0.15) is 0 Å². The predicted molar refractivity (Wildman–Crippen MR) is 61.1 cm³/mol. The van der Waals surface area contributed by atoms with Crippen molar-refractivity contribution < 1.29 is 56.1 Å². The van der Waals surface area contributed by atoms with Crippen molar-refractivity contribution >= 4 is 20.8 Å². The minimum atomic E-state index is -5.17. The molecule has 0 spiro atoms. The molecule has 0 aliphatic heterocycles. The molecule has 0 aliphatic carbocycles. The maximum atomic E-state index is 8.52. The van der Waals surface area contributed by atoms with Crippen molar-refractivity contribution in [2.75, 3.05) is 0 Å². The van der Waals surface area contributed by atoms with Gasteiger partial charge in [-0.1, -0.05) is 0 Å². The molecule has 0 bridgehead atoms. The van der Waals surface area contributed by atoms with Gasteiger partial charge in [-0.2, -0.15) is 0 Å². The SMILES string of the molecule is N.N.N.N.N.N.N.N.O=S(=O)([O-])[O-].O=S(=O)([O-])[O-].[Pt+4]. The summed E-state index contributed by atoms with van der Waals surface area (Å²) in [6, 6.07) is 0. The summed E-state index contributed by atoms with van der Waals surface area (Å²) in [7, 11) is -10.3. The van der Waals surface area contributed by atoms with Crippen molar-refractivity contribution in [3.63, 3.8) is 0 Å². The first-order valence-electron chi connectivity index (χ1n) is 1.33. The van der Waals surface area contributed by atoms with Crippen molar-refractivity contribution in [1.82, 2.24) is 49.2 Å². The summed E-state index contributed by atoms with van der Waals surface area (Å²) >= 11 is 0. The van der Waals surface area contributed by atoms with E-state index in [9.17, 15) is 0 Å². The molecular weight excluding hydrogens is 499 g/mol. The minimum Gasteiger partial charge on any atom is -0.759 e. The van der Waals surface area contributed by atoms with E-state index < -0.39 is 20.8 Å². The molecule has 0 heterocycles. The molecule has 0 amide bonds. The van der Waals surface area contributed by atoms with Gasteiger partial charge in [-0.05, 0) is 0 Å². The van der Waals surface area contributed by atoms with E-state index in [-0.39, 0.29) is 70.3 Å². The summed E-state index contributed by atoms with van der Waals surface area (Å²) in [5.41, 5.74) is 0. The van der Waals surface area contributed by atoms with Gasteiger partial charge in [0.15, 0.2) is 0 Å². The van der Waals surface area contributed by atoms with Gasteiger partial charge in [0.25, 0.3) is 0 Å². The fourth-order valence-corrected chi connectivity index (χ4v) is 0. The van der Waals surface area contributed by atoms with Crippen LogP contribution in [-0.4, -0.2) is 35.0 Å². The molecule has 0 saturated heterocycles. The third-order valence-electron chi connectivity index (χ3n) is 0. The summed E-state index contributed by atoms with van der Waals surface area (Å²) in [5, 5.41) is 0. The topological polar surface area (TPSA) is 441 Å². The smallest absolute Gasteiger partial charge is 0.759 e. The van der Waals surface area contributed by atoms with E-state index in [1.54, 1.807) is 0 Å². The monoisotopic (exact) mass is 523 g/mol. The second-order valence-corrected chi connectivity index (χ2v) is 2.45. The van der Waals surface area contributed by atoms with Crippen molar-refractivity contribution in [3.8, 4) is 0 Å². The summed E-state index contributed by atoms with van der Waals surface area (Å²) in [6.07, 6.45) is 0. The normalized spacial score (nSPS) is 6.11. The van der Waals surface area contributed by atoms with Crippen LogP contribution >= 0.6 is 0 Å². The van der Waals surface area contributed by atoms with E-state index in [1.165, 1.54) is 0 Å². The molecule has 16 nitrogen and oxygen atoms in total. The Bertz CT molecular complexity index is 227. The van der Waals surface area contributed by atoms with E-state index in [1.807, 2.05) is 0 Å². The molecule has 0 atom stereocenters. The molecule has 24 N–H and O–H groups in total. The molecule has 134 valence electrons. The Hall–Kier alpha value is 0.108. The Morgan fingerprint density at radius 1 is 0.421 bits per heavy atom. The molecule has 0 rings (SSSR count). The molecule has 19 heteroatoms. The van der Waals surface area contributed by atoms with Crippen LogP contribution in [0, 0.1) is 0 Å². The standard InChI is InChI=1S/8H3N.2H2O4S.Pt/c;;;;;;;;2*1-5(2,3)4;/h8*1H3;2*(H2,1,2,3,4);/q;;;;;;;;;;+4/p-4. The third-order valence-corrected chi connectivity index (χ3v) is 0. The zero-order chi connectivity index (χ0) is 9.00. The average molecular weight is 523 g/mol. The first kappa shape index (κ1) is 95.3. The first-order chi connectivity index (χ1) is 4.00. The van der Waals surface area contributed by atoms with Gasteiger partial charge in [0.05, 0.1) is 0 Å². The minimum absolute atomic E-state index is 0. The fourth-order valence-electron chi connectivity index (χ4n) is 0. The summed E-state index contributed by atoms with van der Waals surface area (Å²) in [4.78, 5) is 0. The van der Waals surface area contributed by atoms with Gasteiger partial charge >= 0.3 is 21.1 Å². The van der Waals surface area contributed by atoms with E-state index >= 15 is 0 Å². The van der Waals surface area contributed by atoms with Crippen LogP contribution in [-0.2, 0) is 41.9 Å². The number of hydrogen-bond donors (Lipinski definition) is 8. The van der Waals surface area contributed by atoms with Crippen LogP contribution < -0.4 is 49.2 Å². The zero-order valence-corrected chi connectivity index (χ0v) is 14.0. The van der Waals surface area contributed by atoms with Crippen molar-refractivity contribution in [1.29, 1.82) is 0 Å². The summed E-state index contributed by atoms with van der Waals surface area (Å²) in [5.74, 6) is 0. The number of rotatable bonds is 0. The average Bonchev–Trinajstić information content (AvgIpc) is 1.12. The summed E-state index contributed by atoms with van der Waals surface area (Å²) < 4.78 is 68.2. The van der Waals surface area contributed by atoms with Gasteiger partial charge in [-0.25, -0.2) is 0 Å². The van der Waals surface area contributed by atoms with Crippen molar-refractivity contribution in [3.05, 3.63) is 0 Å². The van der Waals surface area contributed by atoms with Crippen LogP contribution in [0.15, 0.2) is 0 Å². The van der Waals surface area contributed by atoms with E-state index in [0.717, 1.165) is 0 Å². The molecule has 0 aromatic rings. The second-order valence-electron chi connectivity index (χ2n) is 0.816. The van der Waals surface area contributed by atoms with Crippen LogP contribution in [0.25, 0.3) is 0 Å². The van der Waals surface area contributed by atoms with E-state index in [0.29, 0.717) is 0 Å². The molecule has 0 saturated carbocycles. The Kier molecular flexibility index (Phi) is 181. The fraction of sp³-hybridized carbons (Fsp3) is 0. The van der Waals surface area contributed by atoms with Gasteiger partial charge in [-0.15, -0.1) is 0 Å². The van der Waals surface area contributed by atoms with Gasteiger partial charge in [0, 0.05) is 20.8 Å². The quantitative estimate of drug-likeness (QED) is 0.134. The molecule has 19 heavy (non-hydrogen) atoms. The van der Waals surface area contributed by atoms with Gasteiger partial charge in [-0.3, -0.25) is 16.8 Å². The van der Waals surface area contributed by atoms with Gasteiger partial charge in [0.1, 0.15) is 0 Å². The second kappa shape index (κ2) is 36.2. The molecule has 0 aromatic carbocycles. The number of hydrogen-bond acceptors (Lipinski definition) is 16. The largest absolute Gasteiger partial charge is 4.00 e. The molecule has 0 unspecified atom stereocenters. The maximum Gasteiger partial charge on any atom is 4.00 e. The van der Waals surface area contributed by atoms with Crippen LogP contribution in [0.5, 0.6) is 0 Å². The summed E-state index contributed by atoms with van der Waals surface area (Å²) in [6.45, 7) is 0. The van der Waals surface area contributed by atoms with Gasteiger partial charge in [0.2, 0.25) is 0 Å². The van der Waals surface area contributed by atoms with Crippen molar-refractivity contribution in [2.24, 2.45) is 0 Å².